The maximum Gasteiger partial charge on any atom is 0.419 e. The van der Waals surface area contributed by atoms with Crippen LogP contribution in [0, 0.1) is 5.82 Å². The fourth-order valence-corrected chi connectivity index (χ4v) is 3.40. The molecule has 3 rings (SSSR count). The molecule has 1 aliphatic rings. The maximum absolute atomic E-state index is 13.4. The lowest BCUT2D eigenvalue weighted by molar-refractivity contribution is -0.140. The van der Waals surface area contributed by atoms with Gasteiger partial charge in [0.15, 0.2) is 0 Å². The Balaban J connectivity index is 0.00000137. The predicted molar refractivity (Wildman–Crippen MR) is 129 cm³/mol. The van der Waals surface area contributed by atoms with Crippen molar-refractivity contribution in [3.05, 3.63) is 69.6 Å². The minimum absolute atomic E-state index is 0.0194. The SMILES string of the molecule is CC.CC.CC(CO)N1C=Cc2c(ccc(Cl)c2NC(=O)Cc2ccc(F)c(C(F)(F)F)c2)C1. The van der Waals surface area contributed by atoms with Gasteiger partial charge in [0.05, 0.1) is 29.3 Å². The van der Waals surface area contributed by atoms with E-state index in [0.29, 0.717) is 29.9 Å². The number of hydrogen-bond donors (Lipinski definition) is 2. The molecule has 1 amide bonds. The number of rotatable bonds is 5. The molecular formula is C25H31ClF4N2O2. The van der Waals surface area contributed by atoms with Crippen LogP contribution in [-0.2, 0) is 23.9 Å². The summed E-state index contributed by atoms with van der Waals surface area (Å²) in [5.41, 5.74) is 0.528. The molecule has 1 atom stereocenters. The quantitative estimate of drug-likeness (QED) is 0.437. The van der Waals surface area contributed by atoms with Gasteiger partial charge in [-0.25, -0.2) is 4.39 Å². The fraction of sp³-hybridized carbons (Fsp3) is 0.400. The Morgan fingerprint density at radius 1 is 1.18 bits per heavy atom. The van der Waals surface area contributed by atoms with Crippen LogP contribution in [0.4, 0.5) is 23.2 Å². The average molecular weight is 503 g/mol. The van der Waals surface area contributed by atoms with Crippen molar-refractivity contribution in [2.45, 2.75) is 59.8 Å². The zero-order valence-corrected chi connectivity index (χ0v) is 20.7. The summed E-state index contributed by atoms with van der Waals surface area (Å²) in [6, 6.07) is 5.80. The number of fused-ring (bicyclic) bond motifs is 1. The first kappa shape index (κ1) is 29.5. The Bertz CT molecular complexity index is 994. The van der Waals surface area contributed by atoms with E-state index in [2.05, 4.69) is 5.32 Å². The molecule has 0 saturated carbocycles. The van der Waals surface area contributed by atoms with E-state index in [4.69, 9.17) is 11.6 Å². The van der Waals surface area contributed by atoms with Crippen molar-refractivity contribution in [2.24, 2.45) is 0 Å². The minimum atomic E-state index is -4.85. The van der Waals surface area contributed by atoms with Gasteiger partial charge in [0.1, 0.15) is 5.82 Å². The topological polar surface area (TPSA) is 52.6 Å². The summed E-state index contributed by atoms with van der Waals surface area (Å²) in [4.78, 5) is 14.4. The number of aliphatic hydroxyl groups excluding tert-OH is 1. The van der Waals surface area contributed by atoms with E-state index < -0.39 is 23.5 Å². The molecule has 2 aromatic rings. The highest BCUT2D eigenvalue weighted by molar-refractivity contribution is 6.34. The van der Waals surface area contributed by atoms with E-state index in [1.807, 2.05) is 45.6 Å². The minimum Gasteiger partial charge on any atom is -0.394 e. The van der Waals surface area contributed by atoms with Gasteiger partial charge < -0.3 is 15.3 Å². The molecule has 0 aliphatic carbocycles. The molecule has 0 spiro atoms. The van der Waals surface area contributed by atoms with Crippen LogP contribution >= 0.6 is 11.6 Å². The predicted octanol–water partition coefficient (Wildman–Crippen LogP) is 6.90. The van der Waals surface area contributed by atoms with E-state index in [1.165, 1.54) is 0 Å². The van der Waals surface area contributed by atoms with Crippen LogP contribution in [0.3, 0.4) is 0 Å². The Labute approximate surface area is 203 Å². The standard InChI is InChI=1S/C21H19ClF4N2O2.2C2H6/c1-12(11-29)28-7-6-15-14(10-28)3-4-17(22)20(15)27-19(30)9-13-2-5-18(23)16(8-13)21(24,25)26;2*1-2/h2-8,12,29H,9-11H2,1H3,(H,27,30);2*1-2H3. The molecule has 34 heavy (non-hydrogen) atoms. The molecule has 2 N–H and O–H groups in total. The number of anilines is 1. The number of alkyl halides is 3. The Hall–Kier alpha value is -2.58. The highest BCUT2D eigenvalue weighted by Gasteiger charge is 2.34. The lowest BCUT2D eigenvalue weighted by Gasteiger charge is -2.31. The molecule has 0 fully saturated rings. The second-order valence-corrected chi connectivity index (χ2v) is 7.46. The molecule has 0 aromatic heterocycles. The number of aliphatic hydroxyl groups is 1. The fourth-order valence-electron chi connectivity index (χ4n) is 3.19. The molecule has 9 heteroatoms. The Morgan fingerprint density at radius 2 is 1.82 bits per heavy atom. The van der Waals surface area contributed by atoms with Crippen LogP contribution in [0.1, 0.15) is 56.9 Å². The first-order valence-electron chi connectivity index (χ1n) is 11.1. The molecule has 0 radical (unpaired) electrons. The number of amides is 1. The lowest BCUT2D eigenvalue weighted by Crippen LogP contribution is -2.32. The van der Waals surface area contributed by atoms with Gasteiger partial charge in [-0.3, -0.25) is 4.79 Å². The summed E-state index contributed by atoms with van der Waals surface area (Å²) >= 11 is 6.24. The number of nitrogens with one attached hydrogen (secondary N) is 1. The summed E-state index contributed by atoms with van der Waals surface area (Å²) in [7, 11) is 0. The summed E-state index contributed by atoms with van der Waals surface area (Å²) in [6.45, 7) is 10.3. The van der Waals surface area contributed by atoms with E-state index in [-0.39, 0.29) is 29.7 Å². The Kier molecular flexibility index (Phi) is 11.6. The summed E-state index contributed by atoms with van der Waals surface area (Å²) in [5, 5.41) is 12.3. The summed E-state index contributed by atoms with van der Waals surface area (Å²) in [5.74, 6) is -1.97. The van der Waals surface area contributed by atoms with Crippen LogP contribution < -0.4 is 5.32 Å². The highest BCUT2D eigenvalue weighted by Crippen LogP contribution is 2.34. The van der Waals surface area contributed by atoms with Gasteiger partial charge in [0, 0.05) is 24.4 Å². The van der Waals surface area contributed by atoms with Crippen molar-refractivity contribution in [1.82, 2.24) is 4.90 Å². The third kappa shape index (κ3) is 7.46. The molecule has 1 unspecified atom stereocenters. The van der Waals surface area contributed by atoms with Crippen molar-refractivity contribution < 1.29 is 27.5 Å². The number of carbonyl (C=O) groups is 1. The van der Waals surface area contributed by atoms with Crippen LogP contribution in [-0.4, -0.2) is 28.6 Å². The summed E-state index contributed by atoms with van der Waals surface area (Å²) < 4.78 is 52.1. The molecular weight excluding hydrogens is 472 g/mol. The number of halogens is 5. The molecule has 1 aliphatic heterocycles. The number of benzene rings is 2. The molecule has 2 aromatic carbocycles. The first-order valence-corrected chi connectivity index (χ1v) is 11.5. The Morgan fingerprint density at radius 3 is 2.41 bits per heavy atom. The van der Waals surface area contributed by atoms with E-state index in [0.717, 1.165) is 11.6 Å². The van der Waals surface area contributed by atoms with Crippen molar-refractivity contribution in [1.29, 1.82) is 0 Å². The molecule has 1 heterocycles. The zero-order chi connectivity index (χ0) is 26.1. The van der Waals surface area contributed by atoms with Gasteiger partial charge in [-0.2, -0.15) is 13.2 Å². The molecule has 188 valence electrons. The lowest BCUT2D eigenvalue weighted by atomic mass is 10.0. The average Bonchev–Trinajstić information content (AvgIpc) is 2.83. The normalized spacial score (nSPS) is 13.1. The summed E-state index contributed by atoms with van der Waals surface area (Å²) in [6.07, 6.45) is -1.68. The van der Waals surface area contributed by atoms with Gasteiger partial charge >= 0.3 is 6.18 Å². The maximum atomic E-state index is 13.4. The second-order valence-electron chi connectivity index (χ2n) is 7.05. The second kappa shape index (κ2) is 13.3. The van der Waals surface area contributed by atoms with Crippen molar-refractivity contribution in [3.63, 3.8) is 0 Å². The monoisotopic (exact) mass is 502 g/mol. The zero-order valence-electron chi connectivity index (χ0n) is 19.9. The van der Waals surface area contributed by atoms with Crippen LogP contribution in [0.2, 0.25) is 5.02 Å². The van der Waals surface area contributed by atoms with Crippen LogP contribution in [0.25, 0.3) is 6.08 Å². The van der Waals surface area contributed by atoms with Crippen LogP contribution in [0.5, 0.6) is 0 Å². The number of carbonyl (C=O) groups excluding carboxylic acids is 1. The van der Waals surface area contributed by atoms with Gasteiger partial charge in [-0.15, -0.1) is 0 Å². The van der Waals surface area contributed by atoms with E-state index in [1.54, 1.807) is 18.3 Å². The van der Waals surface area contributed by atoms with Gasteiger partial charge in [-0.1, -0.05) is 51.4 Å². The molecule has 0 bridgehead atoms. The number of hydrogen-bond acceptors (Lipinski definition) is 3. The third-order valence-electron chi connectivity index (χ3n) is 4.87. The number of nitrogens with zero attached hydrogens (tertiary/aromatic N) is 1. The largest absolute Gasteiger partial charge is 0.419 e. The van der Waals surface area contributed by atoms with Crippen molar-refractivity contribution in [2.75, 3.05) is 11.9 Å². The third-order valence-corrected chi connectivity index (χ3v) is 5.18. The van der Waals surface area contributed by atoms with Crippen LogP contribution in [0.15, 0.2) is 36.5 Å². The van der Waals surface area contributed by atoms with Gasteiger partial charge in [-0.05, 0) is 42.3 Å². The van der Waals surface area contributed by atoms with Crippen molar-refractivity contribution >= 4 is 29.3 Å². The molecule has 0 saturated heterocycles. The van der Waals surface area contributed by atoms with E-state index in [9.17, 15) is 27.5 Å². The van der Waals surface area contributed by atoms with Gasteiger partial charge in [0.2, 0.25) is 5.91 Å². The van der Waals surface area contributed by atoms with Crippen molar-refractivity contribution in [3.8, 4) is 0 Å². The smallest absolute Gasteiger partial charge is 0.394 e. The first-order chi connectivity index (χ1) is 16.1. The molecule has 4 nitrogen and oxygen atoms in total. The highest BCUT2D eigenvalue weighted by atomic mass is 35.5. The van der Waals surface area contributed by atoms with Gasteiger partial charge in [0.25, 0.3) is 0 Å². The van der Waals surface area contributed by atoms with E-state index >= 15 is 0 Å².